The molecule has 0 fully saturated rings. The lowest BCUT2D eigenvalue weighted by Gasteiger charge is -2.16. The fraction of sp³-hybridized carbons (Fsp3) is 0.381. The molecule has 0 aliphatic rings. The largest absolute Gasteiger partial charge is 0.497 e. The highest BCUT2D eigenvalue weighted by molar-refractivity contribution is 14.0. The monoisotopic (exact) mass is 534 g/mol. The number of rotatable bonds is 9. The quantitative estimate of drug-likeness (QED) is 0.291. The first-order valence-electron chi connectivity index (χ1n) is 9.20. The van der Waals surface area contributed by atoms with Crippen molar-refractivity contribution in [1.29, 1.82) is 0 Å². The summed E-state index contributed by atoms with van der Waals surface area (Å²) in [4.78, 5) is 6.30. The normalized spacial score (nSPS) is 11.3. The molecule has 0 radical (unpaired) electrons. The van der Waals surface area contributed by atoms with Crippen LogP contribution in [0.3, 0.4) is 0 Å². The second-order valence-electron chi connectivity index (χ2n) is 6.69. The van der Waals surface area contributed by atoms with Crippen LogP contribution in [0.5, 0.6) is 11.5 Å². The number of hydrogen-bond donors (Lipinski definition) is 2. The van der Waals surface area contributed by atoms with Crippen LogP contribution in [0.4, 0.5) is 8.78 Å². The topological polar surface area (TPSA) is 58.1 Å². The molecule has 0 saturated heterocycles. The maximum Gasteiger partial charge on any atom is 0.387 e. The number of aliphatic imine (C=N–C) groups is 1. The van der Waals surface area contributed by atoms with Gasteiger partial charge in [-0.15, -0.1) is 24.0 Å². The van der Waals surface area contributed by atoms with Crippen LogP contribution in [0.25, 0.3) is 0 Å². The molecule has 2 N–H and O–H groups in total. The third-order valence-corrected chi connectivity index (χ3v) is 4.10. The van der Waals surface area contributed by atoms with E-state index in [2.05, 4.69) is 37.4 Å². The average Bonchev–Trinajstić information content (AvgIpc) is 2.68. The van der Waals surface area contributed by atoms with Crippen LogP contribution in [0.2, 0.25) is 0 Å². The molecule has 166 valence electrons. The highest BCUT2D eigenvalue weighted by Crippen LogP contribution is 2.25. The number of methoxy groups -OCH3 is 1. The summed E-state index contributed by atoms with van der Waals surface area (Å²) < 4.78 is 35.1. The highest BCUT2D eigenvalue weighted by atomic mass is 127. The molecule has 30 heavy (non-hydrogen) atoms. The van der Waals surface area contributed by atoms with E-state index < -0.39 is 6.61 Å². The van der Waals surface area contributed by atoms with E-state index in [9.17, 15) is 8.78 Å². The summed E-state index contributed by atoms with van der Waals surface area (Å²) in [5.74, 6) is 1.21. The molecular weight excluding hydrogens is 505 g/mol. The minimum absolute atomic E-state index is 0. The standard InChI is InChI=1S/C21H28F2N4O2.HI/c1-24-21(25-12-15-6-5-7-16(10-15)14-27(2)3)26-13-17-11-18(28-4)8-9-19(17)29-20(22)23;/h5-11,20H,12-14H2,1-4H3,(H2,24,25,26);1H. The van der Waals surface area contributed by atoms with Gasteiger partial charge in [-0.25, -0.2) is 0 Å². The Morgan fingerprint density at radius 2 is 1.77 bits per heavy atom. The zero-order valence-corrected chi connectivity index (χ0v) is 19.9. The molecule has 0 aliphatic carbocycles. The first-order valence-corrected chi connectivity index (χ1v) is 9.20. The van der Waals surface area contributed by atoms with Crippen molar-refractivity contribution in [2.24, 2.45) is 4.99 Å². The molecule has 0 bridgehead atoms. The van der Waals surface area contributed by atoms with Crippen LogP contribution in [-0.4, -0.2) is 45.7 Å². The maximum atomic E-state index is 12.7. The van der Waals surface area contributed by atoms with Crippen molar-refractivity contribution in [2.75, 3.05) is 28.3 Å². The summed E-state index contributed by atoms with van der Waals surface area (Å²) in [7, 11) is 7.23. The second-order valence-corrected chi connectivity index (χ2v) is 6.69. The number of ether oxygens (including phenoxy) is 2. The maximum absolute atomic E-state index is 12.7. The summed E-state index contributed by atoms with van der Waals surface area (Å²) in [6, 6.07) is 13.0. The lowest BCUT2D eigenvalue weighted by atomic mass is 10.1. The summed E-state index contributed by atoms with van der Waals surface area (Å²) in [6.45, 7) is -1.20. The Balaban J connectivity index is 0.00000450. The van der Waals surface area contributed by atoms with Crippen LogP contribution in [0, 0.1) is 0 Å². The van der Waals surface area contributed by atoms with Gasteiger partial charge in [-0.05, 0) is 43.4 Å². The van der Waals surface area contributed by atoms with Gasteiger partial charge in [0.25, 0.3) is 0 Å². The molecule has 2 aromatic rings. The van der Waals surface area contributed by atoms with Gasteiger partial charge < -0.3 is 25.0 Å². The number of hydrogen-bond acceptors (Lipinski definition) is 4. The summed E-state index contributed by atoms with van der Waals surface area (Å²) >= 11 is 0. The molecule has 9 heteroatoms. The van der Waals surface area contributed by atoms with Crippen molar-refractivity contribution in [3.63, 3.8) is 0 Å². The second kappa shape index (κ2) is 13.2. The molecule has 6 nitrogen and oxygen atoms in total. The molecule has 2 rings (SSSR count). The molecule has 0 saturated carbocycles. The van der Waals surface area contributed by atoms with Crippen LogP contribution >= 0.6 is 24.0 Å². The molecule has 0 spiro atoms. The summed E-state index contributed by atoms with van der Waals surface area (Å²) in [5, 5.41) is 6.35. The molecule has 2 aromatic carbocycles. The zero-order valence-electron chi connectivity index (χ0n) is 17.6. The Bertz CT molecular complexity index is 819. The Kier molecular flexibility index (Phi) is 11.4. The lowest BCUT2D eigenvalue weighted by Crippen LogP contribution is -2.36. The Morgan fingerprint density at radius 1 is 1.07 bits per heavy atom. The van der Waals surface area contributed by atoms with E-state index in [0.717, 1.165) is 12.1 Å². The van der Waals surface area contributed by atoms with Crippen molar-refractivity contribution in [2.45, 2.75) is 26.2 Å². The SMILES string of the molecule is CN=C(NCc1cccc(CN(C)C)c1)NCc1cc(OC)ccc1OC(F)F.I. The van der Waals surface area contributed by atoms with Crippen molar-refractivity contribution in [3.05, 3.63) is 59.2 Å². The van der Waals surface area contributed by atoms with Crippen LogP contribution in [0.1, 0.15) is 16.7 Å². The summed E-state index contributed by atoms with van der Waals surface area (Å²) in [6.07, 6.45) is 0. The van der Waals surface area contributed by atoms with Gasteiger partial charge in [0.15, 0.2) is 5.96 Å². The third-order valence-electron chi connectivity index (χ3n) is 4.10. The molecule has 0 aromatic heterocycles. The van der Waals surface area contributed by atoms with E-state index in [-0.39, 0.29) is 36.3 Å². The lowest BCUT2D eigenvalue weighted by molar-refractivity contribution is -0.0504. The molecule has 0 aliphatic heterocycles. The van der Waals surface area contributed by atoms with Gasteiger partial charge in [0.1, 0.15) is 11.5 Å². The van der Waals surface area contributed by atoms with Crippen LogP contribution < -0.4 is 20.1 Å². The molecule has 0 unspecified atom stereocenters. The van der Waals surface area contributed by atoms with Gasteiger partial charge in [-0.1, -0.05) is 24.3 Å². The van der Waals surface area contributed by atoms with Crippen molar-refractivity contribution < 1.29 is 18.3 Å². The van der Waals surface area contributed by atoms with Gasteiger partial charge in [0.2, 0.25) is 0 Å². The first kappa shape index (κ1) is 25.9. The zero-order chi connectivity index (χ0) is 21.2. The molecule has 0 amide bonds. The van der Waals surface area contributed by atoms with Gasteiger partial charge >= 0.3 is 6.61 Å². The number of alkyl halides is 2. The average molecular weight is 534 g/mol. The van der Waals surface area contributed by atoms with Crippen molar-refractivity contribution in [1.82, 2.24) is 15.5 Å². The predicted molar refractivity (Wildman–Crippen MR) is 126 cm³/mol. The van der Waals surface area contributed by atoms with E-state index in [1.54, 1.807) is 19.2 Å². The van der Waals surface area contributed by atoms with Gasteiger partial charge in [-0.2, -0.15) is 8.78 Å². The van der Waals surface area contributed by atoms with E-state index in [1.165, 1.54) is 18.7 Å². The Labute approximate surface area is 193 Å². The van der Waals surface area contributed by atoms with E-state index in [1.807, 2.05) is 26.2 Å². The van der Waals surface area contributed by atoms with Crippen LogP contribution in [0.15, 0.2) is 47.5 Å². The van der Waals surface area contributed by atoms with Gasteiger partial charge in [-0.3, -0.25) is 4.99 Å². The minimum Gasteiger partial charge on any atom is -0.497 e. The summed E-state index contributed by atoms with van der Waals surface area (Å²) in [5.41, 5.74) is 2.89. The fourth-order valence-electron chi connectivity index (χ4n) is 2.82. The van der Waals surface area contributed by atoms with Gasteiger partial charge in [0, 0.05) is 32.2 Å². The first-order chi connectivity index (χ1) is 13.9. The van der Waals surface area contributed by atoms with Crippen molar-refractivity contribution >= 4 is 29.9 Å². The molecule has 0 heterocycles. The third kappa shape index (κ3) is 8.70. The molecule has 0 atom stereocenters. The Hall–Kier alpha value is -2.14. The van der Waals surface area contributed by atoms with E-state index >= 15 is 0 Å². The van der Waals surface area contributed by atoms with Crippen LogP contribution in [-0.2, 0) is 19.6 Å². The smallest absolute Gasteiger partial charge is 0.387 e. The number of benzene rings is 2. The predicted octanol–water partition coefficient (Wildman–Crippen LogP) is 3.84. The Morgan fingerprint density at radius 3 is 2.40 bits per heavy atom. The van der Waals surface area contributed by atoms with E-state index in [4.69, 9.17) is 4.74 Å². The number of nitrogens with zero attached hydrogens (tertiary/aromatic N) is 2. The number of nitrogens with one attached hydrogen (secondary N) is 2. The van der Waals surface area contributed by atoms with Crippen molar-refractivity contribution in [3.8, 4) is 11.5 Å². The van der Waals surface area contributed by atoms with E-state index in [0.29, 0.717) is 23.8 Å². The van der Waals surface area contributed by atoms with Gasteiger partial charge in [0.05, 0.1) is 7.11 Å². The fourth-order valence-corrected chi connectivity index (χ4v) is 2.82. The molecular formula is C21H29F2IN4O2. The number of guanidine groups is 1. The minimum atomic E-state index is -2.89. The number of halogens is 3. The highest BCUT2D eigenvalue weighted by Gasteiger charge is 2.11.